The number of hydrogen-bond donors (Lipinski definition) is 4. The van der Waals surface area contributed by atoms with Crippen molar-refractivity contribution in [2.45, 2.75) is 6.92 Å². The molecule has 0 atom stereocenters. The van der Waals surface area contributed by atoms with Crippen LogP contribution in [0.3, 0.4) is 0 Å². The Kier molecular flexibility index (Phi) is 3.97. The van der Waals surface area contributed by atoms with Crippen molar-refractivity contribution >= 4 is 39.9 Å². The minimum atomic E-state index is -0.352. The molecule has 0 aliphatic carbocycles. The number of H-pyrrole nitrogens is 1. The summed E-state index contributed by atoms with van der Waals surface area (Å²) in [6, 6.07) is 14.3. The average Bonchev–Trinajstić information content (AvgIpc) is 2.90. The highest BCUT2D eigenvalue weighted by Gasteiger charge is 2.07. The molecule has 3 aromatic rings. The van der Waals surface area contributed by atoms with Crippen molar-refractivity contribution in [1.82, 2.24) is 4.98 Å². The van der Waals surface area contributed by atoms with Gasteiger partial charge in [-0.3, -0.25) is 4.79 Å². The van der Waals surface area contributed by atoms with E-state index >= 15 is 0 Å². The first kappa shape index (κ1) is 14.6. The summed E-state index contributed by atoms with van der Waals surface area (Å²) >= 11 is 0. The van der Waals surface area contributed by atoms with E-state index in [1.807, 2.05) is 24.3 Å². The van der Waals surface area contributed by atoms with E-state index < -0.39 is 0 Å². The van der Waals surface area contributed by atoms with Crippen molar-refractivity contribution < 1.29 is 9.59 Å². The van der Waals surface area contributed by atoms with Crippen molar-refractivity contribution in [3.8, 4) is 0 Å². The molecule has 0 spiro atoms. The number of fused-ring (bicyclic) bond motifs is 1. The van der Waals surface area contributed by atoms with Crippen LogP contribution in [-0.4, -0.2) is 16.9 Å². The van der Waals surface area contributed by atoms with Crippen LogP contribution in [-0.2, 0) is 4.79 Å². The molecule has 4 N–H and O–H groups in total. The van der Waals surface area contributed by atoms with Gasteiger partial charge in [0.1, 0.15) is 0 Å². The Labute approximate surface area is 132 Å². The number of amides is 3. The quantitative estimate of drug-likeness (QED) is 0.593. The van der Waals surface area contributed by atoms with Gasteiger partial charge in [-0.1, -0.05) is 24.3 Å². The van der Waals surface area contributed by atoms with E-state index in [-0.39, 0.29) is 11.9 Å². The normalized spacial score (nSPS) is 10.3. The zero-order chi connectivity index (χ0) is 16.2. The number of benzene rings is 2. The first-order valence-electron chi connectivity index (χ1n) is 7.13. The van der Waals surface area contributed by atoms with Gasteiger partial charge in [0.2, 0.25) is 5.91 Å². The van der Waals surface area contributed by atoms with Gasteiger partial charge in [-0.05, 0) is 24.3 Å². The van der Waals surface area contributed by atoms with E-state index in [0.29, 0.717) is 17.1 Å². The number of carbonyl (C=O) groups is 2. The Bertz CT molecular complexity index is 870. The number of urea groups is 1. The molecule has 3 rings (SSSR count). The molecule has 0 saturated heterocycles. The topological polar surface area (TPSA) is 86.0 Å². The highest BCUT2D eigenvalue weighted by Crippen LogP contribution is 2.23. The fraction of sp³-hybridized carbons (Fsp3) is 0.0588. The summed E-state index contributed by atoms with van der Waals surface area (Å²) in [5.74, 6) is -0.162. The van der Waals surface area contributed by atoms with Crippen molar-refractivity contribution in [3.63, 3.8) is 0 Å². The van der Waals surface area contributed by atoms with Crippen LogP contribution in [0.5, 0.6) is 0 Å². The predicted octanol–water partition coefficient (Wildman–Crippen LogP) is 3.77. The number of hydrogen-bond acceptors (Lipinski definition) is 2. The molecule has 2 aromatic carbocycles. The van der Waals surface area contributed by atoms with E-state index in [1.54, 1.807) is 30.5 Å². The summed E-state index contributed by atoms with van der Waals surface area (Å²) in [6.07, 6.45) is 1.75. The lowest BCUT2D eigenvalue weighted by Crippen LogP contribution is -2.19. The summed E-state index contributed by atoms with van der Waals surface area (Å²) in [5.41, 5.74) is 2.88. The fourth-order valence-electron chi connectivity index (χ4n) is 2.34. The smallest absolute Gasteiger partial charge is 0.323 e. The van der Waals surface area contributed by atoms with Crippen LogP contribution in [0, 0.1) is 0 Å². The van der Waals surface area contributed by atoms with Crippen molar-refractivity contribution in [3.05, 3.63) is 54.7 Å². The van der Waals surface area contributed by atoms with E-state index in [4.69, 9.17) is 0 Å². The lowest BCUT2D eigenvalue weighted by Gasteiger charge is -2.08. The summed E-state index contributed by atoms with van der Waals surface area (Å²) in [4.78, 5) is 26.3. The molecule has 0 aliphatic rings. The van der Waals surface area contributed by atoms with Crippen molar-refractivity contribution in [1.29, 1.82) is 0 Å². The predicted molar refractivity (Wildman–Crippen MR) is 91.7 cm³/mol. The highest BCUT2D eigenvalue weighted by atomic mass is 16.2. The minimum Gasteiger partial charge on any atom is -0.359 e. The summed E-state index contributed by atoms with van der Waals surface area (Å²) < 4.78 is 0. The Morgan fingerprint density at radius 1 is 0.913 bits per heavy atom. The largest absolute Gasteiger partial charge is 0.359 e. The van der Waals surface area contributed by atoms with E-state index in [1.165, 1.54) is 6.92 Å². The molecule has 0 saturated carbocycles. The molecular formula is C17H16N4O2. The third-order valence-electron chi connectivity index (χ3n) is 3.28. The number of para-hydroxylation sites is 1. The van der Waals surface area contributed by atoms with Crippen LogP contribution in [0.15, 0.2) is 54.7 Å². The van der Waals surface area contributed by atoms with Gasteiger partial charge in [0, 0.05) is 35.4 Å². The van der Waals surface area contributed by atoms with Gasteiger partial charge < -0.3 is 20.9 Å². The zero-order valence-corrected chi connectivity index (χ0v) is 12.5. The third-order valence-corrected chi connectivity index (χ3v) is 3.28. The molecule has 0 aliphatic heterocycles. The first-order valence-corrected chi connectivity index (χ1v) is 7.13. The zero-order valence-electron chi connectivity index (χ0n) is 12.5. The Hall–Kier alpha value is -3.28. The lowest BCUT2D eigenvalue weighted by atomic mass is 10.2. The van der Waals surface area contributed by atoms with Gasteiger partial charge >= 0.3 is 6.03 Å². The van der Waals surface area contributed by atoms with Gasteiger partial charge in [0.25, 0.3) is 0 Å². The van der Waals surface area contributed by atoms with Crippen molar-refractivity contribution in [2.24, 2.45) is 0 Å². The van der Waals surface area contributed by atoms with E-state index in [9.17, 15) is 9.59 Å². The maximum atomic E-state index is 12.1. The van der Waals surface area contributed by atoms with Gasteiger partial charge in [-0.25, -0.2) is 4.79 Å². The van der Waals surface area contributed by atoms with Crippen LogP contribution in [0.2, 0.25) is 0 Å². The van der Waals surface area contributed by atoms with Gasteiger partial charge in [-0.15, -0.1) is 0 Å². The number of aromatic nitrogens is 1. The molecule has 116 valence electrons. The van der Waals surface area contributed by atoms with Gasteiger partial charge in [-0.2, -0.15) is 0 Å². The Balaban J connectivity index is 1.71. The number of rotatable bonds is 3. The molecule has 0 bridgehead atoms. The van der Waals surface area contributed by atoms with Crippen LogP contribution < -0.4 is 16.0 Å². The van der Waals surface area contributed by atoms with Crippen LogP contribution in [0.4, 0.5) is 21.9 Å². The molecule has 3 amide bonds. The summed E-state index contributed by atoms with van der Waals surface area (Å²) in [6.45, 7) is 1.43. The maximum Gasteiger partial charge on any atom is 0.323 e. The number of carbonyl (C=O) groups excluding carboxylic acids is 2. The van der Waals surface area contributed by atoms with Crippen LogP contribution in [0.1, 0.15) is 6.92 Å². The molecule has 0 fully saturated rings. The number of nitrogens with one attached hydrogen (secondary N) is 4. The van der Waals surface area contributed by atoms with Crippen LogP contribution >= 0.6 is 0 Å². The highest BCUT2D eigenvalue weighted by molar-refractivity contribution is 6.06. The van der Waals surface area contributed by atoms with Crippen LogP contribution in [0.25, 0.3) is 10.9 Å². The van der Waals surface area contributed by atoms with E-state index in [2.05, 4.69) is 20.9 Å². The lowest BCUT2D eigenvalue weighted by molar-refractivity contribution is -0.114. The maximum absolute atomic E-state index is 12.1. The number of aromatic amines is 1. The Morgan fingerprint density at radius 3 is 2.43 bits per heavy atom. The van der Waals surface area contributed by atoms with Gasteiger partial charge in [0.15, 0.2) is 0 Å². The molecule has 1 heterocycles. The average molecular weight is 308 g/mol. The second-order valence-corrected chi connectivity index (χ2v) is 5.09. The monoisotopic (exact) mass is 308 g/mol. The SMILES string of the molecule is CC(=O)Nc1cccc(NC(=O)Nc2c[nH]c3ccccc23)c1. The number of anilines is 3. The molecule has 6 heteroatoms. The molecular weight excluding hydrogens is 292 g/mol. The standard InChI is InChI=1S/C17H16N4O2/c1-11(22)19-12-5-4-6-13(9-12)20-17(23)21-16-10-18-15-8-3-2-7-14(15)16/h2-10,18H,1H3,(H,19,22)(H2,20,21,23). The van der Waals surface area contributed by atoms with Gasteiger partial charge in [0.05, 0.1) is 5.69 Å². The molecule has 6 nitrogen and oxygen atoms in total. The Morgan fingerprint density at radius 2 is 1.65 bits per heavy atom. The van der Waals surface area contributed by atoms with E-state index in [0.717, 1.165) is 10.9 Å². The second kappa shape index (κ2) is 6.23. The minimum absolute atomic E-state index is 0.162. The third kappa shape index (κ3) is 3.49. The first-order chi connectivity index (χ1) is 11.1. The molecule has 23 heavy (non-hydrogen) atoms. The molecule has 0 unspecified atom stereocenters. The second-order valence-electron chi connectivity index (χ2n) is 5.09. The summed E-state index contributed by atoms with van der Waals surface area (Å²) in [5, 5.41) is 9.16. The molecule has 0 radical (unpaired) electrons. The van der Waals surface area contributed by atoms with Crippen molar-refractivity contribution in [2.75, 3.05) is 16.0 Å². The summed E-state index contributed by atoms with van der Waals surface area (Å²) in [7, 11) is 0. The molecule has 1 aromatic heterocycles. The fourth-order valence-corrected chi connectivity index (χ4v) is 2.34.